The molecule has 0 radical (unpaired) electrons. The Morgan fingerprint density at radius 2 is 2.06 bits per heavy atom. The Bertz CT molecular complexity index is 592. The zero-order valence-electron chi connectivity index (χ0n) is 8.99. The predicted molar refractivity (Wildman–Crippen MR) is 60.5 cm³/mol. The van der Waals surface area contributed by atoms with Gasteiger partial charge in [-0.15, -0.1) is 0 Å². The lowest BCUT2D eigenvalue weighted by atomic mass is 10.2. The van der Waals surface area contributed by atoms with Crippen LogP contribution in [0.15, 0.2) is 34.0 Å². The molecule has 0 aliphatic rings. The second-order valence-corrected chi connectivity index (χ2v) is 3.72. The highest BCUT2D eigenvalue weighted by Crippen LogP contribution is 2.03. The molecule has 0 saturated carbocycles. The molecule has 2 N–H and O–H groups in total. The highest BCUT2D eigenvalue weighted by molar-refractivity contribution is 5.09. The molecule has 2 heterocycles. The van der Waals surface area contributed by atoms with E-state index in [1.807, 2.05) is 29.9 Å². The van der Waals surface area contributed by atoms with Crippen molar-refractivity contribution in [1.82, 2.24) is 14.8 Å². The summed E-state index contributed by atoms with van der Waals surface area (Å²) in [5, 5.41) is 5.03. The van der Waals surface area contributed by atoms with Crippen LogP contribution >= 0.6 is 0 Å². The fourth-order valence-electron chi connectivity index (χ4n) is 1.61. The quantitative estimate of drug-likeness (QED) is 0.723. The summed E-state index contributed by atoms with van der Waals surface area (Å²) in [6, 6.07) is 5.36. The number of H-pyrrole nitrogens is 2. The first kappa shape index (κ1) is 10.5. The number of aromatic amines is 2. The second-order valence-electron chi connectivity index (χ2n) is 3.72. The first-order valence-corrected chi connectivity index (χ1v) is 5.08. The Morgan fingerprint density at radius 3 is 2.69 bits per heavy atom. The summed E-state index contributed by atoms with van der Waals surface area (Å²) in [5.41, 5.74) is 0.820. The average Bonchev–Trinajstić information content (AvgIpc) is 2.66. The van der Waals surface area contributed by atoms with Crippen LogP contribution in [0.1, 0.15) is 11.4 Å². The highest BCUT2D eigenvalue weighted by atomic mass is 16.2. The minimum Gasteiger partial charge on any atom is -0.354 e. The van der Waals surface area contributed by atoms with Crippen molar-refractivity contribution in [2.45, 2.75) is 12.8 Å². The van der Waals surface area contributed by atoms with E-state index in [0.29, 0.717) is 6.42 Å². The molecule has 0 aliphatic carbocycles. The normalized spacial score (nSPS) is 10.6. The summed E-state index contributed by atoms with van der Waals surface area (Å²) in [6.07, 6.45) is 3.50. The van der Waals surface area contributed by atoms with Gasteiger partial charge in [0.1, 0.15) is 0 Å². The van der Waals surface area contributed by atoms with Gasteiger partial charge in [0.2, 0.25) is 5.43 Å². The zero-order chi connectivity index (χ0) is 11.5. The maximum atomic E-state index is 11.1. The number of aromatic nitrogens is 3. The van der Waals surface area contributed by atoms with Gasteiger partial charge in [0, 0.05) is 30.7 Å². The molecular formula is C11H13N3O2. The monoisotopic (exact) mass is 219 g/mol. The maximum absolute atomic E-state index is 11.1. The minimum absolute atomic E-state index is 0.499. The van der Waals surface area contributed by atoms with Gasteiger partial charge in [-0.05, 0) is 25.0 Å². The van der Waals surface area contributed by atoms with Crippen molar-refractivity contribution in [3.8, 4) is 0 Å². The Morgan fingerprint density at radius 1 is 1.25 bits per heavy atom. The smallest absolute Gasteiger partial charge is 0.310 e. The van der Waals surface area contributed by atoms with Gasteiger partial charge >= 0.3 is 5.56 Å². The standard InChI is InChI=1S/C11H13N3O2/c1-14-6-2-3-9(14)5-4-8-7-10(15)11(16)13-12-8/h2-3,6-7H,4-5H2,1H3,(H,12,15)(H,13,16). The van der Waals surface area contributed by atoms with Crippen LogP contribution in [0.2, 0.25) is 0 Å². The van der Waals surface area contributed by atoms with E-state index < -0.39 is 11.0 Å². The van der Waals surface area contributed by atoms with Crippen molar-refractivity contribution in [1.29, 1.82) is 0 Å². The molecule has 0 amide bonds. The molecule has 0 fully saturated rings. The molecule has 5 nitrogen and oxygen atoms in total. The average molecular weight is 219 g/mol. The van der Waals surface area contributed by atoms with Gasteiger partial charge in [0.05, 0.1) is 0 Å². The third-order valence-electron chi connectivity index (χ3n) is 2.57. The van der Waals surface area contributed by atoms with E-state index in [2.05, 4.69) is 10.2 Å². The topological polar surface area (TPSA) is 70.7 Å². The van der Waals surface area contributed by atoms with Gasteiger partial charge in [-0.3, -0.25) is 14.7 Å². The van der Waals surface area contributed by atoms with E-state index in [4.69, 9.17) is 0 Å². The molecule has 0 saturated heterocycles. The molecule has 0 atom stereocenters. The molecule has 5 heteroatoms. The Kier molecular flexibility index (Phi) is 2.76. The van der Waals surface area contributed by atoms with E-state index >= 15 is 0 Å². The molecule has 0 spiro atoms. The van der Waals surface area contributed by atoms with E-state index in [0.717, 1.165) is 12.1 Å². The lowest BCUT2D eigenvalue weighted by Crippen LogP contribution is -2.27. The third-order valence-corrected chi connectivity index (χ3v) is 2.57. The second kappa shape index (κ2) is 4.22. The van der Waals surface area contributed by atoms with Gasteiger partial charge in [-0.1, -0.05) is 0 Å². The lowest BCUT2D eigenvalue weighted by Gasteiger charge is -2.03. The third kappa shape index (κ3) is 2.13. The van der Waals surface area contributed by atoms with Crippen LogP contribution in [-0.4, -0.2) is 14.8 Å². The fourth-order valence-corrected chi connectivity index (χ4v) is 1.61. The Hall–Kier alpha value is -2.04. The summed E-state index contributed by atoms with van der Waals surface area (Å²) in [5.74, 6) is 0. The lowest BCUT2D eigenvalue weighted by molar-refractivity contribution is 0.772. The first-order chi connectivity index (χ1) is 7.66. The van der Waals surface area contributed by atoms with E-state index in [-0.39, 0.29) is 0 Å². The van der Waals surface area contributed by atoms with E-state index in [9.17, 15) is 9.59 Å². The van der Waals surface area contributed by atoms with Gasteiger partial charge in [-0.25, -0.2) is 0 Å². The van der Waals surface area contributed by atoms with Crippen molar-refractivity contribution in [3.05, 3.63) is 56.4 Å². The summed E-state index contributed by atoms with van der Waals surface area (Å²) in [7, 11) is 1.98. The Balaban J connectivity index is 2.11. The molecule has 2 aromatic rings. The molecule has 0 unspecified atom stereocenters. The highest BCUT2D eigenvalue weighted by Gasteiger charge is 2.01. The van der Waals surface area contributed by atoms with Crippen LogP contribution in [0.25, 0.3) is 0 Å². The van der Waals surface area contributed by atoms with Gasteiger partial charge in [-0.2, -0.15) is 0 Å². The summed E-state index contributed by atoms with van der Waals surface area (Å²) < 4.78 is 2.03. The number of rotatable bonds is 3. The molecule has 2 rings (SSSR count). The molecule has 0 aliphatic heterocycles. The van der Waals surface area contributed by atoms with Crippen LogP contribution in [0, 0.1) is 0 Å². The number of hydrogen-bond donors (Lipinski definition) is 2. The molecule has 0 bridgehead atoms. The molecular weight excluding hydrogens is 206 g/mol. The number of aryl methyl sites for hydroxylation is 3. The van der Waals surface area contributed by atoms with Crippen LogP contribution in [0.4, 0.5) is 0 Å². The van der Waals surface area contributed by atoms with Gasteiger partial charge in [0.25, 0.3) is 0 Å². The van der Waals surface area contributed by atoms with Crippen molar-refractivity contribution in [2.24, 2.45) is 7.05 Å². The number of nitrogens with one attached hydrogen (secondary N) is 2. The summed E-state index contributed by atoms with van der Waals surface area (Å²) >= 11 is 0. The van der Waals surface area contributed by atoms with Crippen LogP contribution in [0.3, 0.4) is 0 Å². The van der Waals surface area contributed by atoms with Crippen molar-refractivity contribution < 1.29 is 0 Å². The van der Waals surface area contributed by atoms with E-state index in [1.54, 1.807) is 0 Å². The van der Waals surface area contributed by atoms with Crippen molar-refractivity contribution in [2.75, 3.05) is 0 Å². The van der Waals surface area contributed by atoms with Crippen LogP contribution < -0.4 is 11.0 Å². The maximum Gasteiger partial charge on any atom is 0.310 e. The van der Waals surface area contributed by atoms with Gasteiger partial charge in [0.15, 0.2) is 0 Å². The fraction of sp³-hybridized carbons (Fsp3) is 0.273. The predicted octanol–water partition coefficient (Wildman–Crippen LogP) is 0.187. The van der Waals surface area contributed by atoms with Crippen LogP contribution in [-0.2, 0) is 19.9 Å². The zero-order valence-corrected chi connectivity index (χ0v) is 8.99. The first-order valence-electron chi connectivity index (χ1n) is 5.08. The summed E-state index contributed by atoms with van der Waals surface area (Å²) in [6.45, 7) is 0. The molecule has 2 aromatic heterocycles. The van der Waals surface area contributed by atoms with Gasteiger partial charge < -0.3 is 9.67 Å². The van der Waals surface area contributed by atoms with E-state index in [1.165, 1.54) is 11.8 Å². The Labute approximate surface area is 91.7 Å². The summed E-state index contributed by atoms with van der Waals surface area (Å²) in [4.78, 5) is 22.0. The van der Waals surface area contributed by atoms with Crippen molar-refractivity contribution >= 4 is 0 Å². The largest absolute Gasteiger partial charge is 0.354 e. The number of nitrogens with zero attached hydrogens (tertiary/aromatic N) is 1. The molecule has 0 aromatic carbocycles. The molecule has 16 heavy (non-hydrogen) atoms. The SMILES string of the molecule is Cn1cccc1CCc1cc(=O)c(=O)[nH][nH]1. The van der Waals surface area contributed by atoms with Crippen LogP contribution in [0.5, 0.6) is 0 Å². The number of hydrogen-bond acceptors (Lipinski definition) is 2. The van der Waals surface area contributed by atoms with Crippen molar-refractivity contribution in [3.63, 3.8) is 0 Å². The molecule has 84 valence electrons. The minimum atomic E-state index is -0.609.